The summed E-state index contributed by atoms with van der Waals surface area (Å²) in [5, 5.41) is 14.7. The number of nitrogens with zero attached hydrogens (tertiary/aromatic N) is 2. The van der Waals surface area contributed by atoms with E-state index in [1.165, 1.54) is 17.8 Å². The zero-order chi connectivity index (χ0) is 19.1. The Bertz CT molecular complexity index is 831. The molecule has 0 heterocycles. The van der Waals surface area contributed by atoms with Crippen molar-refractivity contribution in [3.8, 4) is 5.75 Å². The van der Waals surface area contributed by atoms with E-state index in [9.17, 15) is 14.9 Å². The number of para-hydroxylation sites is 1. The van der Waals surface area contributed by atoms with Gasteiger partial charge in [0.05, 0.1) is 16.7 Å². The molecule has 0 unspecified atom stereocenters. The molecular weight excluding hydrogens is 334 g/mol. The SMILES string of the molecule is Cc1cc(OCC(=O)N/N=C/c2ccccc2[N+](=O)[O-])ccc1C(C)C. The van der Waals surface area contributed by atoms with Gasteiger partial charge in [0.2, 0.25) is 0 Å². The van der Waals surface area contributed by atoms with E-state index in [2.05, 4.69) is 24.4 Å². The number of nitro groups is 1. The van der Waals surface area contributed by atoms with Crippen LogP contribution in [0.1, 0.15) is 36.5 Å². The molecule has 2 aromatic carbocycles. The van der Waals surface area contributed by atoms with Crippen LogP contribution in [0.5, 0.6) is 5.75 Å². The normalized spacial score (nSPS) is 10.9. The van der Waals surface area contributed by atoms with Crippen LogP contribution in [-0.2, 0) is 4.79 Å². The number of carbonyl (C=O) groups is 1. The monoisotopic (exact) mass is 355 g/mol. The van der Waals surface area contributed by atoms with Crippen molar-refractivity contribution in [2.45, 2.75) is 26.7 Å². The van der Waals surface area contributed by atoms with Crippen molar-refractivity contribution in [1.82, 2.24) is 5.43 Å². The van der Waals surface area contributed by atoms with E-state index in [0.29, 0.717) is 17.2 Å². The van der Waals surface area contributed by atoms with E-state index < -0.39 is 10.8 Å². The zero-order valence-corrected chi connectivity index (χ0v) is 14.9. The topological polar surface area (TPSA) is 93.8 Å². The maximum absolute atomic E-state index is 11.8. The summed E-state index contributed by atoms with van der Waals surface area (Å²) in [6, 6.07) is 11.8. The molecule has 2 aromatic rings. The number of ether oxygens (including phenoxy) is 1. The standard InChI is InChI=1S/C19H21N3O4/c1-13(2)17-9-8-16(10-14(17)3)26-12-19(23)21-20-11-15-6-4-5-7-18(15)22(24)25/h4-11,13H,12H2,1-3H3,(H,21,23)/b20-11+. The maximum atomic E-state index is 11.8. The first kappa shape index (κ1) is 19.1. The van der Waals surface area contributed by atoms with Crippen molar-refractivity contribution in [1.29, 1.82) is 0 Å². The first-order chi connectivity index (χ1) is 12.4. The van der Waals surface area contributed by atoms with Gasteiger partial charge in [-0.05, 0) is 42.2 Å². The lowest BCUT2D eigenvalue weighted by molar-refractivity contribution is -0.385. The number of rotatable bonds is 7. The molecule has 0 fully saturated rings. The Morgan fingerprint density at radius 1 is 1.31 bits per heavy atom. The van der Waals surface area contributed by atoms with Gasteiger partial charge in [-0.2, -0.15) is 5.10 Å². The molecule has 0 bridgehead atoms. The Hall–Kier alpha value is -3.22. The number of benzene rings is 2. The van der Waals surface area contributed by atoms with Crippen molar-refractivity contribution < 1.29 is 14.5 Å². The molecule has 1 amide bonds. The molecule has 0 radical (unpaired) electrons. The molecule has 0 spiro atoms. The summed E-state index contributed by atoms with van der Waals surface area (Å²) in [5.41, 5.74) is 4.85. The van der Waals surface area contributed by atoms with Crippen LogP contribution in [0, 0.1) is 17.0 Å². The number of hydrazone groups is 1. The smallest absolute Gasteiger partial charge is 0.278 e. The van der Waals surface area contributed by atoms with Crippen LogP contribution in [0.25, 0.3) is 0 Å². The number of aryl methyl sites for hydroxylation is 1. The van der Waals surface area contributed by atoms with E-state index in [4.69, 9.17) is 4.74 Å². The minimum Gasteiger partial charge on any atom is -0.484 e. The summed E-state index contributed by atoms with van der Waals surface area (Å²) in [6.07, 6.45) is 1.23. The van der Waals surface area contributed by atoms with E-state index in [-0.39, 0.29) is 12.3 Å². The molecule has 26 heavy (non-hydrogen) atoms. The lowest BCUT2D eigenvalue weighted by atomic mass is 9.98. The van der Waals surface area contributed by atoms with Crippen LogP contribution in [0.15, 0.2) is 47.6 Å². The van der Waals surface area contributed by atoms with Gasteiger partial charge in [0.1, 0.15) is 5.75 Å². The number of hydrogen-bond donors (Lipinski definition) is 1. The fraction of sp³-hybridized carbons (Fsp3) is 0.263. The van der Waals surface area contributed by atoms with Crippen molar-refractivity contribution in [2.75, 3.05) is 6.61 Å². The highest BCUT2D eigenvalue weighted by Crippen LogP contribution is 2.23. The molecular formula is C19H21N3O4. The van der Waals surface area contributed by atoms with Gasteiger partial charge in [-0.1, -0.05) is 32.0 Å². The van der Waals surface area contributed by atoms with Crippen LogP contribution >= 0.6 is 0 Å². The third kappa shape index (κ3) is 5.14. The lowest BCUT2D eigenvalue weighted by Gasteiger charge is -2.12. The molecule has 2 rings (SSSR count). The second kappa shape index (κ2) is 8.75. The average molecular weight is 355 g/mol. The molecule has 0 atom stereocenters. The highest BCUT2D eigenvalue weighted by atomic mass is 16.6. The van der Waals surface area contributed by atoms with Crippen LogP contribution < -0.4 is 10.2 Å². The molecule has 0 aliphatic carbocycles. The van der Waals surface area contributed by atoms with Crippen molar-refractivity contribution in [2.24, 2.45) is 5.10 Å². The van der Waals surface area contributed by atoms with Crippen LogP contribution in [-0.4, -0.2) is 23.7 Å². The maximum Gasteiger partial charge on any atom is 0.278 e. The first-order valence-electron chi connectivity index (χ1n) is 8.17. The molecule has 0 saturated heterocycles. The van der Waals surface area contributed by atoms with Gasteiger partial charge >= 0.3 is 0 Å². The van der Waals surface area contributed by atoms with Gasteiger partial charge in [0, 0.05) is 6.07 Å². The lowest BCUT2D eigenvalue weighted by Crippen LogP contribution is -2.24. The number of nitro benzene ring substituents is 1. The van der Waals surface area contributed by atoms with E-state index in [1.54, 1.807) is 18.2 Å². The van der Waals surface area contributed by atoms with Crippen molar-refractivity contribution in [3.05, 3.63) is 69.3 Å². The zero-order valence-electron chi connectivity index (χ0n) is 14.9. The average Bonchev–Trinajstić information content (AvgIpc) is 2.60. The predicted octanol–water partition coefficient (Wildman–Crippen LogP) is 3.56. The van der Waals surface area contributed by atoms with Crippen molar-refractivity contribution >= 4 is 17.8 Å². The summed E-state index contributed by atoms with van der Waals surface area (Å²) in [5.74, 6) is 0.568. The van der Waals surface area contributed by atoms with Gasteiger partial charge < -0.3 is 4.74 Å². The molecule has 0 aliphatic rings. The van der Waals surface area contributed by atoms with E-state index >= 15 is 0 Å². The Kier molecular flexibility index (Phi) is 6.43. The minimum absolute atomic E-state index is 0.0810. The van der Waals surface area contributed by atoms with Crippen LogP contribution in [0.4, 0.5) is 5.69 Å². The van der Waals surface area contributed by atoms with Gasteiger partial charge in [-0.25, -0.2) is 5.43 Å². The van der Waals surface area contributed by atoms with Crippen LogP contribution in [0.2, 0.25) is 0 Å². The summed E-state index contributed by atoms with van der Waals surface area (Å²) in [7, 11) is 0. The Balaban J connectivity index is 1.90. The molecule has 7 nitrogen and oxygen atoms in total. The van der Waals surface area contributed by atoms with Gasteiger partial charge in [-0.15, -0.1) is 0 Å². The van der Waals surface area contributed by atoms with E-state index in [1.807, 2.05) is 25.1 Å². The summed E-state index contributed by atoms with van der Waals surface area (Å²) >= 11 is 0. The highest BCUT2D eigenvalue weighted by Gasteiger charge is 2.10. The third-order valence-electron chi connectivity index (χ3n) is 3.76. The molecule has 136 valence electrons. The first-order valence-corrected chi connectivity index (χ1v) is 8.17. The summed E-state index contributed by atoms with van der Waals surface area (Å²) in [4.78, 5) is 22.2. The summed E-state index contributed by atoms with van der Waals surface area (Å²) < 4.78 is 5.45. The number of amides is 1. The number of nitrogens with one attached hydrogen (secondary N) is 1. The fourth-order valence-corrected chi connectivity index (χ4v) is 2.50. The molecule has 1 N–H and O–H groups in total. The van der Waals surface area contributed by atoms with Gasteiger partial charge in [0.25, 0.3) is 11.6 Å². The molecule has 0 aliphatic heterocycles. The second-order valence-electron chi connectivity index (χ2n) is 6.07. The van der Waals surface area contributed by atoms with Gasteiger partial charge in [0.15, 0.2) is 6.61 Å². The minimum atomic E-state index is -0.505. The summed E-state index contributed by atoms with van der Waals surface area (Å²) in [6.45, 7) is 6.03. The molecule has 0 saturated carbocycles. The Morgan fingerprint density at radius 2 is 2.04 bits per heavy atom. The Morgan fingerprint density at radius 3 is 2.69 bits per heavy atom. The molecule has 7 heteroatoms. The van der Waals surface area contributed by atoms with E-state index in [0.717, 1.165) is 5.56 Å². The quantitative estimate of drug-likeness (QED) is 0.467. The van der Waals surface area contributed by atoms with Crippen molar-refractivity contribution in [3.63, 3.8) is 0 Å². The fourth-order valence-electron chi connectivity index (χ4n) is 2.50. The Labute approximate surface area is 151 Å². The highest BCUT2D eigenvalue weighted by molar-refractivity contribution is 5.86. The van der Waals surface area contributed by atoms with Gasteiger partial charge in [-0.3, -0.25) is 14.9 Å². The number of hydrogen-bond acceptors (Lipinski definition) is 5. The second-order valence-corrected chi connectivity index (χ2v) is 6.07. The third-order valence-corrected chi connectivity index (χ3v) is 3.76. The largest absolute Gasteiger partial charge is 0.484 e. The van der Waals surface area contributed by atoms with Crippen LogP contribution in [0.3, 0.4) is 0 Å². The number of carbonyl (C=O) groups excluding carboxylic acids is 1. The molecule has 0 aromatic heterocycles. The predicted molar refractivity (Wildman–Crippen MR) is 99.6 cm³/mol.